The molecule has 1 saturated carbocycles. The van der Waals surface area contributed by atoms with Gasteiger partial charge in [-0.3, -0.25) is 4.79 Å². The van der Waals surface area contributed by atoms with Crippen LogP contribution in [-0.2, 0) is 11.2 Å². The van der Waals surface area contributed by atoms with Gasteiger partial charge >= 0.3 is 0 Å². The van der Waals surface area contributed by atoms with E-state index in [1.807, 2.05) is 24.3 Å². The number of carbonyl (C=O) groups is 1. The summed E-state index contributed by atoms with van der Waals surface area (Å²) in [5.74, 6) is -0.0772. The molecular formula is C12H15ClN2O. The molecule has 0 radical (unpaired) electrons. The van der Waals surface area contributed by atoms with Crippen LogP contribution in [0.5, 0.6) is 0 Å². The van der Waals surface area contributed by atoms with Gasteiger partial charge in [-0.2, -0.15) is 0 Å². The van der Waals surface area contributed by atoms with Gasteiger partial charge in [0.1, 0.15) is 5.38 Å². The number of nitrogens with one attached hydrogen (secondary N) is 1. The Morgan fingerprint density at radius 1 is 1.56 bits per heavy atom. The van der Waals surface area contributed by atoms with Crippen LogP contribution in [0.3, 0.4) is 0 Å². The van der Waals surface area contributed by atoms with Gasteiger partial charge < -0.3 is 11.1 Å². The molecule has 1 aliphatic carbocycles. The lowest BCUT2D eigenvalue weighted by molar-refractivity contribution is -0.120. The first-order valence-electron chi connectivity index (χ1n) is 5.44. The molecule has 1 unspecified atom stereocenters. The molecule has 1 aromatic rings. The summed E-state index contributed by atoms with van der Waals surface area (Å²) in [7, 11) is 0. The number of benzene rings is 1. The van der Waals surface area contributed by atoms with E-state index in [0.717, 1.165) is 18.4 Å². The largest absolute Gasteiger partial charge is 0.399 e. The SMILES string of the molecule is Nc1cccc(CC(Cl)C(=O)NC2CC2)c1. The monoisotopic (exact) mass is 238 g/mol. The van der Waals surface area contributed by atoms with Crippen molar-refractivity contribution < 1.29 is 4.79 Å². The van der Waals surface area contributed by atoms with Crippen molar-refractivity contribution in [3.8, 4) is 0 Å². The Morgan fingerprint density at radius 2 is 2.31 bits per heavy atom. The van der Waals surface area contributed by atoms with Gasteiger partial charge in [0.2, 0.25) is 5.91 Å². The van der Waals surface area contributed by atoms with E-state index in [1.165, 1.54) is 0 Å². The maximum Gasteiger partial charge on any atom is 0.238 e. The second kappa shape index (κ2) is 4.74. The number of carbonyl (C=O) groups excluding carboxylic acids is 1. The van der Waals surface area contributed by atoms with Crippen LogP contribution in [0, 0.1) is 0 Å². The number of hydrogen-bond donors (Lipinski definition) is 2. The van der Waals surface area contributed by atoms with Crippen LogP contribution in [0.15, 0.2) is 24.3 Å². The highest BCUT2D eigenvalue weighted by Crippen LogP contribution is 2.20. The van der Waals surface area contributed by atoms with Crippen molar-refractivity contribution in [2.45, 2.75) is 30.7 Å². The van der Waals surface area contributed by atoms with E-state index in [1.54, 1.807) is 0 Å². The molecule has 1 amide bonds. The van der Waals surface area contributed by atoms with Crippen LogP contribution in [0.25, 0.3) is 0 Å². The van der Waals surface area contributed by atoms with E-state index in [-0.39, 0.29) is 5.91 Å². The number of rotatable bonds is 4. The Labute approximate surface area is 100.0 Å². The highest BCUT2D eigenvalue weighted by molar-refractivity contribution is 6.30. The highest BCUT2D eigenvalue weighted by atomic mass is 35.5. The number of alkyl halides is 1. The number of nitrogen functional groups attached to an aromatic ring is 1. The second-order valence-corrected chi connectivity index (χ2v) is 4.73. The molecule has 0 spiro atoms. The van der Waals surface area contributed by atoms with Gasteiger partial charge in [0.05, 0.1) is 0 Å². The van der Waals surface area contributed by atoms with Crippen molar-refractivity contribution in [1.29, 1.82) is 0 Å². The molecule has 3 nitrogen and oxygen atoms in total. The summed E-state index contributed by atoms with van der Waals surface area (Å²) in [6, 6.07) is 7.81. The van der Waals surface area contributed by atoms with Crippen molar-refractivity contribution in [3.63, 3.8) is 0 Å². The van der Waals surface area contributed by atoms with Gasteiger partial charge in [0.25, 0.3) is 0 Å². The molecule has 4 heteroatoms. The number of amides is 1. The highest BCUT2D eigenvalue weighted by Gasteiger charge is 2.26. The Balaban J connectivity index is 1.90. The van der Waals surface area contributed by atoms with E-state index >= 15 is 0 Å². The molecule has 1 aromatic carbocycles. The molecular weight excluding hydrogens is 224 g/mol. The van der Waals surface area contributed by atoms with Crippen LogP contribution in [-0.4, -0.2) is 17.3 Å². The molecule has 0 aromatic heterocycles. The quantitative estimate of drug-likeness (QED) is 0.620. The van der Waals surface area contributed by atoms with E-state index < -0.39 is 5.38 Å². The molecule has 3 N–H and O–H groups in total. The third kappa shape index (κ3) is 3.14. The summed E-state index contributed by atoms with van der Waals surface area (Å²) < 4.78 is 0. The molecule has 86 valence electrons. The summed E-state index contributed by atoms with van der Waals surface area (Å²) in [5, 5.41) is 2.37. The van der Waals surface area contributed by atoms with Crippen molar-refractivity contribution in [2.24, 2.45) is 0 Å². The summed E-state index contributed by atoms with van der Waals surface area (Å²) in [6.07, 6.45) is 2.67. The van der Waals surface area contributed by atoms with Gasteiger partial charge in [0, 0.05) is 11.7 Å². The minimum Gasteiger partial charge on any atom is -0.399 e. The van der Waals surface area contributed by atoms with Gasteiger partial charge in [-0.1, -0.05) is 12.1 Å². The Kier molecular flexibility index (Phi) is 3.34. The second-order valence-electron chi connectivity index (χ2n) is 4.20. The van der Waals surface area contributed by atoms with Gasteiger partial charge in [-0.15, -0.1) is 11.6 Å². The van der Waals surface area contributed by atoms with Crippen molar-refractivity contribution >= 4 is 23.2 Å². The summed E-state index contributed by atoms with van der Waals surface area (Å²) >= 11 is 6.04. The lowest BCUT2D eigenvalue weighted by atomic mass is 10.1. The minimum atomic E-state index is -0.512. The lowest BCUT2D eigenvalue weighted by Crippen LogP contribution is -2.34. The summed E-state index contributed by atoms with van der Waals surface area (Å²) in [5.41, 5.74) is 7.35. The van der Waals surface area contributed by atoms with Crippen LogP contribution >= 0.6 is 11.6 Å². The van der Waals surface area contributed by atoms with E-state index in [2.05, 4.69) is 5.32 Å². The average Bonchev–Trinajstić information content (AvgIpc) is 3.01. The van der Waals surface area contributed by atoms with Crippen LogP contribution in [0.2, 0.25) is 0 Å². The predicted octanol–water partition coefficient (Wildman–Crippen LogP) is 1.70. The van der Waals surface area contributed by atoms with Crippen LogP contribution < -0.4 is 11.1 Å². The zero-order valence-corrected chi connectivity index (χ0v) is 9.70. The molecule has 0 saturated heterocycles. The smallest absolute Gasteiger partial charge is 0.238 e. The van der Waals surface area contributed by atoms with Crippen LogP contribution in [0.4, 0.5) is 5.69 Å². The van der Waals surface area contributed by atoms with Gasteiger partial charge in [0.15, 0.2) is 0 Å². The Bertz CT molecular complexity index is 390. The van der Waals surface area contributed by atoms with E-state index in [0.29, 0.717) is 18.2 Å². The first-order valence-corrected chi connectivity index (χ1v) is 5.87. The average molecular weight is 239 g/mol. The Morgan fingerprint density at radius 3 is 2.94 bits per heavy atom. The maximum absolute atomic E-state index is 11.6. The standard InChI is InChI=1S/C12H15ClN2O/c13-11(12(16)15-10-4-5-10)7-8-2-1-3-9(14)6-8/h1-3,6,10-11H,4-5,7,14H2,(H,15,16). The summed E-state index contributed by atoms with van der Waals surface area (Å²) in [4.78, 5) is 11.6. The molecule has 0 aliphatic heterocycles. The molecule has 1 atom stereocenters. The lowest BCUT2D eigenvalue weighted by Gasteiger charge is -2.10. The van der Waals surface area contributed by atoms with Gasteiger partial charge in [-0.05, 0) is 37.0 Å². The number of nitrogens with two attached hydrogens (primary N) is 1. The first kappa shape index (κ1) is 11.3. The van der Waals surface area contributed by atoms with Crippen LogP contribution in [0.1, 0.15) is 18.4 Å². The van der Waals surface area contributed by atoms with Gasteiger partial charge in [-0.25, -0.2) is 0 Å². The number of halogens is 1. The summed E-state index contributed by atoms with van der Waals surface area (Å²) in [6.45, 7) is 0. The van der Waals surface area contributed by atoms with Crippen molar-refractivity contribution in [1.82, 2.24) is 5.32 Å². The predicted molar refractivity (Wildman–Crippen MR) is 65.4 cm³/mol. The minimum absolute atomic E-state index is 0.0772. The topological polar surface area (TPSA) is 55.1 Å². The zero-order valence-electron chi connectivity index (χ0n) is 8.95. The third-order valence-corrected chi connectivity index (χ3v) is 2.93. The molecule has 0 heterocycles. The Hall–Kier alpha value is -1.22. The number of anilines is 1. The molecule has 16 heavy (non-hydrogen) atoms. The fourth-order valence-corrected chi connectivity index (χ4v) is 1.78. The molecule has 1 aliphatic rings. The van der Waals surface area contributed by atoms with E-state index in [9.17, 15) is 4.79 Å². The molecule has 1 fully saturated rings. The first-order chi connectivity index (χ1) is 7.65. The van der Waals surface area contributed by atoms with Crippen molar-refractivity contribution in [3.05, 3.63) is 29.8 Å². The molecule has 2 rings (SSSR count). The third-order valence-electron chi connectivity index (χ3n) is 2.57. The number of hydrogen-bond acceptors (Lipinski definition) is 2. The molecule has 0 bridgehead atoms. The zero-order chi connectivity index (χ0) is 11.5. The fraction of sp³-hybridized carbons (Fsp3) is 0.417. The maximum atomic E-state index is 11.6. The van der Waals surface area contributed by atoms with Crippen molar-refractivity contribution in [2.75, 3.05) is 5.73 Å². The fourth-order valence-electron chi connectivity index (χ4n) is 1.54. The van der Waals surface area contributed by atoms with E-state index in [4.69, 9.17) is 17.3 Å². The normalized spacial score (nSPS) is 16.8.